The highest BCUT2D eigenvalue weighted by atomic mass is 16.5. The Hall–Kier alpha value is -3.08. The molecule has 0 saturated carbocycles. The van der Waals surface area contributed by atoms with Crippen LogP contribution in [0.3, 0.4) is 0 Å². The van der Waals surface area contributed by atoms with E-state index in [1.807, 2.05) is 29.2 Å². The number of imidazole rings is 1. The van der Waals surface area contributed by atoms with Crippen LogP contribution in [0.1, 0.15) is 82.4 Å². The molecule has 0 radical (unpaired) electrons. The Labute approximate surface area is 204 Å². The van der Waals surface area contributed by atoms with Crippen LogP contribution in [0.15, 0.2) is 61.2 Å². The van der Waals surface area contributed by atoms with Crippen molar-refractivity contribution in [1.82, 2.24) is 9.55 Å². The number of ether oxygens (including phenoxy) is 1. The first-order valence-corrected chi connectivity index (χ1v) is 12.3. The molecule has 1 heterocycles. The van der Waals surface area contributed by atoms with Gasteiger partial charge in [0.2, 0.25) is 5.91 Å². The van der Waals surface area contributed by atoms with Crippen molar-refractivity contribution in [2.45, 2.75) is 77.7 Å². The SMILES string of the molecule is CCCCCC(CC(=O)Nc1cc(Cn2ccnc2)ccc1C(C)(C)C)c1ccc(OC)cc1. The number of amides is 1. The van der Waals surface area contributed by atoms with Crippen molar-refractivity contribution in [3.05, 3.63) is 77.9 Å². The van der Waals surface area contributed by atoms with Crippen molar-refractivity contribution >= 4 is 11.6 Å². The highest BCUT2D eigenvalue weighted by Crippen LogP contribution is 2.32. The maximum atomic E-state index is 13.3. The van der Waals surface area contributed by atoms with Crippen LogP contribution in [0.5, 0.6) is 5.75 Å². The monoisotopic (exact) mass is 461 g/mol. The molecule has 5 heteroatoms. The van der Waals surface area contributed by atoms with E-state index in [0.717, 1.165) is 42.0 Å². The van der Waals surface area contributed by atoms with Gasteiger partial charge in [-0.15, -0.1) is 0 Å². The summed E-state index contributed by atoms with van der Waals surface area (Å²) in [6.07, 6.45) is 10.5. The Morgan fingerprint density at radius 3 is 2.50 bits per heavy atom. The number of nitrogens with one attached hydrogen (secondary N) is 1. The zero-order valence-corrected chi connectivity index (χ0v) is 21.3. The lowest BCUT2D eigenvalue weighted by Crippen LogP contribution is -2.21. The zero-order valence-electron chi connectivity index (χ0n) is 21.3. The van der Waals surface area contributed by atoms with E-state index < -0.39 is 0 Å². The number of nitrogens with zero attached hydrogens (tertiary/aromatic N) is 2. The zero-order chi connectivity index (χ0) is 24.6. The van der Waals surface area contributed by atoms with Gasteiger partial charge in [0, 0.05) is 31.0 Å². The summed E-state index contributed by atoms with van der Waals surface area (Å²) in [5.74, 6) is 1.08. The smallest absolute Gasteiger partial charge is 0.224 e. The van der Waals surface area contributed by atoms with Gasteiger partial charge in [-0.05, 0) is 52.6 Å². The quantitative estimate of drug-likeness (QED) is 0.315. The summed E-state index contributed by atoms with van der Waals surface area (Å²) in [6.45, 7) is 9.47. The van der Waals surface area contributed by atoms with Gasteiger partial charge in [-0.3, -0.25) is 4.79 Å². The summed E-state index contributed by atoms with van der Waals surface area (Å²) in [5.41, 5.74) is 4.29. The van der Waals surface area contributed by atoms with Crippen molar-refractivity contribution < 1.29 is 9.53 Å². The Morgan fingerprint density at radius 1 is 1.12 bits per heavy atom. The van der Waals surface area contributed by atoms with Crippen LogP contribution >= 0.6 is 0 Å². The summed E-state index contributed by atoms with van der Waals surface area (Å²) in [6, 6.07) is 14.5. The molecule has 1 N–H and O–H groups in total. The molecular weight excluding hydrogens is 422 g/mol. The predicted molar refractivity (Wildman–Crippen MR) is 140 cm³/mol. The highest BCUT2D eigenvalue weighted by molar-refractivity contribution is 5.92. The lowest BCUT2D eigenvalue weighted by atomic mass is 9.85. The first kappa shape index (κ1) is 25.5. The second kappa shape index (κ2) is 11.9. The Morgan fingerprint density at radius 2 is 1.88 bits per heavy atom. The third kappa shape index (κ3) is 7.21. The minimum absolute atomic E-state index is 0.0580. The number of benzene rings is 2. The second-order valence-corrected chi connectivity index (χ2v) is 10.1. The van der Waals surface area contributed by atoms with E-state index in [2.05, 4.69) is 68.3 Å². The summed E-state index contributed by atoms with van der Waals surface area (Å²) in [5, 5.41) is 3.26. The van der Waals surface area contributed by atoms with Gasteiger partial charge in [0.1, 0.15) is 5.75 Å². The molecule has 0 bridgehead atoms. The topological polar surface area (TPSA) is 56.2 Å². The number of carbonyl (C=O) groups is 1. The van der Waals surface area contributed by atoms with Crippen LogP contribution in [0.4, 0.5) is 5.69 Å². The average molecular weight is 462 g/mol. The molecule has 1 unspecified atom stereocenters. The number of hydrogen-bond acceptors (Lipinski definition) is 3. The predicted octanol–water partition coefficient (Wildman–Crippen LogP) is 6.93. The number of aromatic nitrogens is 2. The summed E-state index contributed by atoms with van der Waals surface area (Å²) >= 11 is 0. The number of rotatable bonds is 11. The number of methoxy groups -OCH3 is 1. The Kier molecular flexibility index (Phi) is 8.91. The summed E-state index contributed by atoms with van der Waals surface area (Å²) in [4.78, 5) is 17.4. The van der Waals surface area contributed by atoms with E-state index in [-0.39, 0.29) is 17.2 Å². The fraction of sp³-hybridized carbons (Fsp3) is 0.448. The molecule has 34 heavy (non-hydrogen) atoms. The van der Waals surface area contributed by atoms with E-state index in [9.17, 15) is 4.79 Å². The van der Waals surface area contributed by atoms with E-state index in [1.165, 1.54) is 18.4 Å². The standard InChI is InChI=1S/C29H39N3O2/c1-6-7-8-9-24(23-11-13-25(34-5)14-12-23)19-28(33)31-27-18-22(20-32-17-16-30-21-32)10-15-26(27)29(2,3)4/h10-18,21,24H,6-9,19-20H2,1-5H3,(H,31,33). The van der Waals surface area contributed by atoms with Gasteiger partial charge < -0.3 is 14.6 Å². The van der Waals surface area contributed by atoms with E-state index in [1.54, 1.807) is 13.3 Å². The van der Waals surface area contributed by atoms with Gasteiger partial charge in [0.25, 0.3) is 0 Å². The molecule has 3 rings (SSSR count). The highest BCUT2D eigenvalue weighted by Gasteiger charge is 2.22. The van der Waals surface area contributed by atoms with Crippen LogP contribution in [-0.4, -0.2) is 22.6 Å². The van der Waals surface area contributed by atoms with Crippen LogP contribution < -0.4 is 10.1 Å². The van der Waals surface area contributed by atoms with E-state index >= 15 is 0 Å². The Bertz CT molecular complexity index is 1030. The largest absolute Gasteiger partial charge is 0.497 e. The lowest BCUT2D eigenvalue weighted by molar-refractivity contribution is -0.116. The van der Waals surface area contributed by atoms with Crippen molar-refractivity contribution in [1.29, 1.82) is 0 Å². The van der Waals surface area contributed by atoms with Gasteiger partial charge in [0.15, 0.2) is 0 Å². The fourth-order valence-corrected chi connectivity index (χ4v) is 4.37. The van der Waals surface area contributed by atoms with Gasteiger partial charge >= 0.3 is 0 Å². The molecule has 5 nitrogen and oxygen atoms in total. The molecule has 1 aromatic heterocycles. The molecule has 0 aliphatic rings. The molecule has 3 aromatic rings. The van der Waals surface area contributed by atoms with E-state index in [0.29, 0.717) is 6.42 Å². The summed E-state index contributed by atoms with van der Waals surface area (Å²) < 4.78 is 7.35. The van der Waals surface area contributed by atoms with Crippen molar-refractivity contribution in [2.75, 3.05) is 12.4 Å². The van der Waals surface area contributed by atoms with Crippen LogP contribution in [0.25, 0.3) is 0 Å². The van der Waals surface area contributed by atoms with Gasteiger partial charge in [-0.25, -0.2) is 4.98 Å². The molecule has 182 valence electrons. The molecule has 0 fully saturated rings. The molecular formula is C29H39N3O2. The maximum absolute atomic E-state index is 13.3. The number of carbonyl (C=O) groups excluding carboxylic acids is 1. The number of hydrogen-bond donors (Lipinski definition) is 1. The average Bonchev–Trinajstić information content (AvgIpc) is 3.31. The van der Waals surface area contributed by atoms with Crippen LogP contribution in [-0.2, 0) is 16.8 Å². The molecule has 0 saturated heterocycles. The van der Waals surface area contributed by atoms with Crippen LogP contribution in [0.2, 0.25) is 0 Å². The summed E-state index contributed by atoms with van der Waals surface area (Å²) in [7, 11) is 1.68. The molecule has 1 atom stereocenters. The van der Waals surface area contributed by atoms with Gasteiger partial charge in [-0.1, -0.05) is 71.2 Å². The van der Waals surface area contributed by atoms with Crippen molar-refractivity contribution in [3.63, 3.8) is 0 Å². The van der Waals surface area contributed by atoms with Crippen molar-refractivity contribution in [3.8, 4) is 5.75 Å². The second-order valence-electron chi connectivity index (χ2n) is 10.1. The molecule has 2 aromatic carbocycles. The van der Waals surface area contributed by atoms with Crippen molar-refractivity contribution in [2.24, 2.45) is 0 Å². The Balaban J connectivity index is 1.79. The molecule has 0 aliphatic heterocycles. The molecule has 0 spiro atoms. The number of unbranched alkanes of at least 4 members (excludes halogenated alkanes) is 2. The minimum Gasteiger partial charge on any atom is -0.497 e. The molecule has 0 aliphatic carbocycles. The third-order valence-corrected chi connectivity index (χ3v) is 6.27. The van der Waals surface area contributed by atoms with Gasteiger partial charge in [-0.2, -0.15) is 0 Å². The van der Waals surface area contributed by atoms with Crippen LogP contribution in [0, 0.1) is 0 Å². The third-order valence-electron chi connectivity index (χ3n) is 6.27. The minimum atomic E-state index is -0.0767. The first-order valence-electron chi connectivity index (χ1n) is 12.3. The van der Waals surface area contributed by atoms with Gasteiger partial charge in [0.05, 0.1) is 13.4 Å². The maximum Gasteiger partial charge on any atom is 0.224 e. The fourth-order valence-electron chi connectivity index (χ4n) is 4.37. The normalized spacial score (nSPS) is 12.4. The number of anilines is 1. The molecule has 1 amide bonds. The van der Waals surface area contributed by atoms with E-state index in [4.69, 9.17) is 4.74 Å². The first-order chi connectivity index (χ1) is 16.3. The lowest BCUT2D eigenvalue weighted by Gasteiger charge is -2.25.